The van der Waals surface area contributed by atoms with Gasteiger partial charge in [0.05, 0.1) is 19.9 Å². The van der Waals surface area contributed by atoms with Gasteiger partial charge in [-0.3, -0.25) is 10.1 Å². The first kappa shape index (κ1) is 27.1. The molecule has 1 aliphatic heterocycles. The number of hydrogen-bond acceptors (Lipinski definition) is 7. The molecule has 0 saturated heterocycles. The van der Waals surface area contributed by atoms with Crippen LogP contribution in [0.15, 0.2) is 46.7 Å². The number of amidine groups is 1. The second kappa shape index (κ2) is 10.6. The zero-order valence-electron chi connectivity index (χ0n) is 19.0. The number of benzene rings is 2. The largest absolute Gasteiger partial charge is 0.467 e. The molecule has 9 nitrogen and oxygen atoms in total. The van der Waals surface area contributed by atoms with Crippen LogP contribution in [0.3, 0.4) is 0 Å². The quantitative estimate of drug-likeness (QED) is 0.322. The molecule has 2 aromatic carbocycles. The van der Waals surface area contributed by atoms with Crippen molar-refractivity contribution in [3.05, 3.63) is 68.7 Å². The summed E-state index contributed by atoms with van der Waals surface area (Å²) in [5.74, 6) is -0.644. The van der Waals surface area contributed by atoms with Crippen molar-refractivity contribution in [3.8, 4) is 0 Å². The molecule has 0 radical (unpaired) electrons. The van der Waals surface area contributed by atoms with E-state index in [0.29, 0.717) is 11.1 Å². The average Bonchev–Trinajstić information content (AvgIpc) is 3.28. The molecule has 1 heterocycles. The molecule has 2 amide bonds. The maximum atomic E-state index is 14.2. The van der Waals surface area contributed by atoms with Gasteiger partial charge in [0.15, 0.2) is 0 Å². The molecule has 0 saturated carbocycles. The molecule has 0 aromatic heterocycles. The molecule has 3 rings (SSSR count). The molecular formula is C22H19Cl2F3N4O5. The minimum absolute atomic E-state index is 0.0138. The van der Waals surface area contributed by atoms with E-state index in [2.05, 4.69) is 20.3 Å². The van der Waals surface area contributed by atoms with E-state index in [-0.39, 0.29) is 32.9 Å². The normalized spacial score (nSPS) is 17.7. The number of amides is 2. The number of hydrazone groups is 1. The van der Waals surface area contributed by atoms with Crippen LogP contribution < -0.4 is 10.7 Å². The third-order valence-corrected chi connectivity index (χ3v) is 5.60. The summed E-state index contributed by atoms with van der Waals surface area (Å²) >= 11 is 11.8. The van der Waals surface area contributed by atoms with E-state index in [1.165, 1.54) is 31.4 Å². The SMILES string of the molecule is COC(=O)N/N=C(/NC(=O)c1ccc(C2=NOC(c3cc(Cl)cc(Cl)c3)(C(F)(F)F)C2)cc1C)OC. The van der Waals surface area contributed by atoms with E-state index >= 15 is 0 Å². The van der Waals surface area contributed by atoms with Crippen LogP contribution in [-0.4, -0.2) is 44.1 Å². The van der Waals surface area contributed by atoms with Gasteiger partial charge in [0.2, 0.25) is 0 Å². The van der Waals surface area contributed by atoms with E-state index in [0.717, 1.165) is 19.2 Å². The Morgan fingerprint density at radius 1 is 1.11 bits per heavy atom. The summed E-state index contributed by atoms with van der Waals surface area (Å²) in [6, 6.07) is 7.56. The van der Waals surface area contributed by atoms with Gasteiger partial charge in [-0.1, -0.05) is 34.4 Å². The van der Waals surface area contributed by atoms with Crippen molar-refractivity contribution in [1.29, 1.82) is 0 Å². The first-order chi connectivity index (χ1) is 16.9. The van der Waals surface area contributed by atoms with E-state index in [1.807, 2.05) is 5.43 Å². The van der Waals surface area contributed by atoms with Crippen LogP contribution in [0.4, 0.5) is 18.0 Å². The van der Waals surface area contributed by atoms with Crippen molar-refractivity contribution in [2.24, 2.45) is 10.3 Å². The third-order valence-electron chi connectivity index (χ3n) is 5.17. The Kier molecular flexibility index (Phi) is 7.99. The number of rotatable bonds is 4. The Bertz CT molecular complexity index is 1230. The van der Waals surface area contributed by atoms with Crippen LogP contribution in [-0.2, 0) is 19.9 Å². The van der Waals surface area contributed by atoms with E-state index in [1.54, 1.807) is 6.92 Å². The number of methoxy groups -OCH3 is 2. The second-order valence-electron chi connectivity index (χ2n) is 7.50. The van der Waals surface area contributed by atoms with Crippen LogP contribution in [0.1, 0.15) is 33.5 Å². The molecule has 0 bridgehead atoms. The predicted octanol–water partition coefficient (Wildman–Crippen LogP) is 4.89. The van der Waals surface area contributed by atoms with Gasteiger partial charge in [0, 0.05) is 27.6 Å². The molecule has 0 fully saturated rings. The standard InChI is InChI=1S/C22H19Cl2F3N4O5/c1-11-6-12(4-5-16(11)18(32)28-19(34-2)29-30-20(33)35-3)17-10-21(36-31-17,22(25,26)27)13-7-14(23)9-15(24)8-13/h4-9H,10H2,1-3H3,(H,30,33)(H,28,29,32). The number of halogens is 5. The second-order valence-corrected chi connectivity index (χ2v) is 8.37. The Morgan fingerprint density at radius 2 is 1.78 bits per heavy atom. The highest BCUT2D eigenvalue weighted by Gasteiger charge is 2.62. The summed E-state index contributed by atoms with van der Waals surface area (Å²) in [6.45, 7) is 1.58. The van der Waals surface area contributed by atoms with Crippen LogP contribution in [0.5, 0.6) is 0 Å². The maximum Gasteiger partial charge on any atom is 0.435 e. The number of ether oxygens (including phenoxy) is 2. The summed E-state index contributed by atoms with van der Waals surface area (Å²) in [5, 5.41) is 9.64. The highest BCUT2D eigenvalue weighted by atomic mass is 35.5. The maximum absolute atomic E-state index is 14.2. The van der Waals surface area contributed by atoms with Gasteiger partial charge in [-0.2, -0.15) is 13.2 Å². The first-order valence-electron chi connectivity index (χ1n) is 10.1. The first-order valence-corrected chi connectivity index (χ1v) is 10.8. The lowest BCUT2D eigenvalue weighted by molar-refractivity contribution is -0.275. The minimum Gasteiger partial charge on any atom is -0.467 e. The molecule has 1 unspecified atom stereocenters. The highest BCUT2D eigenvalue weighted by molar-refractivity contribution is 6.34. The Labute approximate surface area is 213 Å². The molecule has 2 aromatic rings. The number of carbonyl (C=O) groups excluding carboxylic acids is 2. The van der Waals surface area contributed by atoms with Gasteiger partial charge >= 0.3 is 18.3 Å². The number of aryl methyl sites for hydroxylation is 1. The monoisotopic (exact) mass is 546 g/mol. The van der Waals surface area contributed by atoms with Crippen LogP contribution in [0.2, 0.25) is 10.0 Å². The van der Waals surface area contributed by atoms with Gasteiger partial charge in [0.1, 0.15) is 0 Å². The molecule has 192 valence electrons. The number of nitrogens with zero attached hydrogens (tertiary/aromatic N) is 2. The summed E-state index contributed by atoms with van der Waals surface area (Å²) in [6.07, 6.45) is -6.36. The lowest BCUT2D eigenvalue weighted by atomic mass is 9.86. The number of carbonyl (C=O) groups is 2. The Hall–Kier alpha value is -3.51. The number of oxime groups is 1. The van der Waals surface area contributed by atoms with Crippen molar-refractivity contribution in [2.45, 2.75) is 25.1 Å². The van der Waals surface area contributed by atoms with Gasteiger partial charge in [-0.05, 0) is 48.4 Å². The van der Waals surface area contributed by atoms with Gasteiger partial charge in [-0.15, -0.1) is 5.10 Å². The van der Waals surface area contributed by atoms with Crippen LogP contribution in [0, 0.1) is 6.92 Å². The average molecular weight is 547 g/mol. The number of nitrogens with one attached hydrogen (secondary N) is 2. The summed E-state index contributed by atoms with van der Waals surface area (Å²) in [4.78, 5) is 28.7. The Morgan fingerprint density at radius 3 is 2.33 bits per heavy atom. The van der Waals surface area contributed by atoms with Crippen molar-refractivity contribution in [1.82, 2.24) is 10.7 Å². The van der Waals surface area contributed by atoms with Crippen molar-refractivity contribution in [2.75, 3.05) is 14.2 Å². The molecule has 0 spiro atoms. The van der Waals surface area contributed by atoms with E-state index < -0.39 is 30.2 Å². The zero-order chi connectivity index (χ0) is 26.7. The Balaban J connectivity index is 1.84. The predicted molar refractivity (Wildman–Crippen MR) is 125 cm³/mol. The van der Waals surface area contributed by atoms with Gasteiger partial charge < -0.3 is 14.3 Å². The molecule has 14 heteroatoms. The lowest BCUT2D eigenvalue weighted by Gasteiger charge is -2.29. The van der Waals surface area contributed by atoms with E-state index in [4.69, 9.17) is 32.8 Å². The van der Waals surface area contributed by atoms with Crippen molar-refractivity contribution in [3.63, 3.8) is 0 Å². The third kappa shape index (κ3) is 5.65. The summed E-state index contributed by atoms with van der Waals surface area (Å²) < 4.78 is 51.8. The smallest absolute Gasteiger partial charge is 0.435 e. The van der Waals surface area contributed by atoms with Crippen LogP contribution in [0.25, 0.3) is 0 Å². The molecular weight excluding hydrogens is 528 g/mol. The lowest BCUT2D eigenvalue weighted by Crippen LogP contribution is -2.42. The summed E-state index contributed by atoms with van der Waals surface area (Å²) in [7, 11) is 2.34. The molecule has 1 atom stereocenters. The number of hydrogen-bond donors (Lipinski definition) is 2. The number of alkyl halides is 3. The fourth-order valence-electron chi connectivity index (χ4n) is 3.37. The molecule has 0 aliphatic carbocycles. The van der Waals surface area contributed by atoms with E-state index in [9.17, 15) is 22.8 Å². The van der Waals surface area contributed by atoms with Crippen molar-refractivity contribution < 1.29 is 37.1 Å². The van der Waals surface area contributed by atoms with Crippen LogP contribution >= 0.6 is 23.2 Å². The fourth-order valence-corrected chi connectivity index (χ4v) is 3.90. The summed E-state index contributed by atoms with van der Waals surface area (Å²) in [5.41, 5.74) is -0.159. The highest BCUT2D eigenvalue weighted by Crippen LogP contribution is 2.49. The fraction of sp³-hybridized carbons (Fsp3) is 0.273. The van der Waals surface area contributed by atoms with Gasteiger partial charge in [-0.25, -0.2) is 10.2 Å². The topological polar surface area (TPSA) is 111 Å². The molecule has 2 N–H and O–H groups in total. The zero-order valence-corrected chi connectivity index (χ0v) is 20.5. The molecule has 1 aliphatic rings. The van der Waals surface area contributed by atoms with Crippen molar-refractivity contribution >= 4 is 46.9 Å². The molecule has 36 heavy (non-hydrogen) atoms. The van der Waals surface area contributed by atoms with Gasteiger partial charge in [0.25, 0.3) is 11.5 Å². The minimum atomic E-state index is -4.84.